The molecule has 132 valence electrons. The summed E-state index contributed by atoms with van der Waals surface area (Å²) in [5, 5.41) is 12.1. The number of ether oxygens (including phenoxy) is 1. The molecule has 0 saturated carbocycles. The number of amides is 1. The molecule has 1 fully saturated rings. The molecule has 7 heteroatoms. The third-order valence-electron chi connectivity index (χ3n) is 4.09. The average Bonchev–Trinajstić information content (AvgIpc) is 2.54. The lowest BCUT2D eigenvalue weighted by atomic mass is 9.86. The normalized spacial score (nSPS) is 17.9. The largest absolute Gasteiger partial charge is 0.481 e. The fourth-order valence-electron chi connectivity index (χ4n) is 2.61. The van der Waals surface area contributed by atoms with Crippen LogP contribution in [-0.4, -0.2) is 41.5 Å². The first-order valence-electron chi connectivity index (χ1n) is 7.90. The number of carboxylic acid groups (broad SMARTS) is 1. The van der Waals surface area contributed by atoms with Crippen LogP contribution in [0.2, 0.25) is 0 Å². The third kappa shape index (κ3) is 5.49. The second kappa shape index (κ2) is 8.48. The van der Waals surface area contributed by atoms with Gasteiger partial charge in [0, 0.05) is 29.8 Å². The molecule has 1 saturated heterocycles. The van der Waals surface area contributed by atoms with E-state index >= 15 is 0 Å². The average molecular weight is 355 g/mol. The summed E-state index contributed by atoms with van der Waals surface area (Å²) in [6.07, 6.45) is 0.908. The molecule has 1 amide bonds. The van der Waals surface area contributed by atoms with Crippen LogP contribution in [0.15, 0.2) is 29.2 Å². The van der Waals surface area contributed by atoms with Crippen LogP contribution in [0.25, 0.3) is 0 Å². The molecule has 1 heterocycles. The highest BCUT2D eigenvalue weighted by molar-refractivity contribution is 7.99. The van der Waals surface area contributed by atoms with Crippen molar-refractivity contribution < 1.29 is 23.8 Å². The number of carboxylic acids is 1. The van der Waals surface area contributed by atoms with Crippen LogP contribution < -0.4 is 5.32 Å². The van der Waals surface area contributed by atoms with Crippen molar-refractivity contribution in [2.75, 3.05) is 19.0 Å². The van der Waals surface area contributed by atoms with Gasteiger partial charge in [0.1, 0.15) is 5.82 Å². The maximum Gasteiger partial charge on any atom is 0.305 e. The van der Waals surface area contributed by atoms with Crippen molar-refractivity contribution in [1.82, 2.24) is 5.32 Å². The number of benzene rings is 1. The van der Waals surface area contributed by atoms with E-state index in [1.807, 2.05) is 0 Å². The van der Waals surface area contributed by atoms with Crippen molar-refractivity contribution in [1.29, 1.82) is 0 Å². The number of rotatable bonds is 7. The van der Waals surface area contributed by atoms with Crippen LogP contribution in [0.4, 0.5) is 4.39 Å². The van der Waals surface area contributed by atoms with Crippen LogP contribution in [0.3, 0.4) is 0 Å². The highest BCUT2D eigenvalue weighted by atomic mass is 32.2. The summed E-state index contributed by atoms with van der Waals surface area (Å²) in [7, 11) is 0. The summed E-state index contributed by atoms with van der Waals surface area (Å²) in [4.78, 5) is 24.5. The Balaban J connectivity index is 1.90. The van der Waals surface area contributed by atoms with Crippen molar-refractivity contribution in [2.24, 2.45) is 5.92 Å². The maximum absolute atomic E-state index is 12.9. The van der Waals surface area contributed by atoms with Crippen molar-refractivity contribution in [3.05, 3.63) is 30.1 Å². The second-order valence-electron chi connectivity index (χ2n) is 6.12. The van der Waals surface area contributed by atoms with Gasteiger partial charge in [0.05, 0.1) is 12.0 Å². The summed E-state index contributed by atoms with van der Waals surface area (Å²) in [5.74, 6) is -1.12. The predicted molar refractivity (Wildman–Crippen MR) is 89.5 cm³/mol. The zero-order chi connectivity index (χ0) is 17.6. The summed E-state index contributed by atoms with van der Waals surface area (Å²) in [6, 6.07) is 6.12. The van der Waals surface area contributed by atoms with Crippen LogP contribution in [-0.2, 0) is 14.3 Å². The molecule has 0 spiro atoms. The summed E-state index contributed by atoms with van der Waals surface area (Å²) in [6.45, 7) is 2.71. The van der Waals surface area contributed by atoms with Crippen molar-refractivity contribution in [2.45, 2.75) is 36.6 Å². The van der Waals surface area contributed by atoms with Gasteiger partial charge >= 0.3 is 5.97 Å². The topological polar surface area (TPSA) is 75.6 Å². The van der Waals surface area contributed by atoms with E-state index in [1.54, 1.807) is 19.1 Å². The Morgan fingerprint density at radius 2 is 1.96 bits per heavy atom. The molecule has 5 nitrogen and oxygen atoms in total. The smallest absolute Gasteiger partial charge is 0.305 e. The molecule has 2 N–H and O–H groups in total. The van der Waals surface area contributed by atoms with Crippen molar-refractivity contribution in [3.8, 4) is 0 Å². The standard InChI is InChI=1S/C17H22FNO4S/c1-12(11-24-14-4-2-13(18)3-5-14)16(22)19-17(10-15(20)21)6-8-23-9-7-17/h2-5,12H,6-11H2,1H3,(H,19,22)(H,20,21). The Bertz CT molecular complexity index is 572. The van der Waals surface area contributed by atoms with Gasteiger partial charge in [-0.2, -0.15) is 0 Å². The van der Waals surface area contributed by atoms with E-state index in [0.717, 1.165) is 4.90 Å². The van der Waals surface area contributed by atoms with E-state index in [9.17, 15) is 14.0 Å². The molecule has 1 atom stereocenters. The van der Waals surface area contributed by atoms with Gasteiger partial charge < -0.3 is 15.2 Å². The molecule has 24 heavy (non-hydrogen) atoms. The van der Waals surface area contributed by atoms with Gasteiger partial charge in [0.25, 0.3) is 0 Å². The fraction of sp³-hybridized carbons (Fsp3) is 0.529. The first kappa shape index (κ1) is 18.7. The molecule has 1 unspecified atom stereocenters. The second-order valence-corrected chi connectivity index (χ2v) is 7.21. The van der Waals surface area contributed by atoms with Crippen LogP contribution >= 0.6 is 11.8 Å². The van der Waals surface area contributed by atoms with Crippen molar-refractivity contribution in [3.63, 3.8) is 0 Å². The van der Waals surface area contributed by atoms with Gasteiger partial charge in [-0.3, -0.25) is 9.59 Å². The monoisotopic (exact) mass is 355 g/mol. The molecule has 0 bridgehead atoms. The van der Waals surface area contributed by atoms with Gasteiger partial charge in [-0.15, -0.1) is 11.8 Å². The number of carbonyl (C=O) groups excluding carboxylic acids is 1. The van der Waals surface area contributed by atoms with E-state index in [0.29, 0.717) is 31.8 Å². The number of hydrogen-bond donors (Lipinski definition) is 2. The maximum atomic E-state index is 12.9. The Morgan fingerprint density at radius 1 is 1.33 bits per heavy atom. The van der Waals surface area contributed by atoms with Crippen LogP contribution in [0, 0.1) is 11.7 Å². The van der Waals surface area contributed by atoms with E-state index in [1.165, 1.54) is 23.9 Å². The Hall–Kier alpha value is -1.60. The quantitative estimate of drug-likeness (QED) is 0.736. The fourth-order valence-corrected chi connectivity index (χ4v) is 3.53. The van der Waals surface area contributed by atoms with Gasteiger partial charge in [-0.25, -0.2) is 4.39 Å². The van der Waals surface area contributed by atoms with Crippen LogP contribution in [0.1, 0.15) is 26.2 Å². The van der Waals surface area contributed by atoms with Gasteiger partial charge in [0.2, 0.25) is 5.91 Å². The number of thioether (sulfide) groups is 1. The van der Waals surface area contributed by atoms with E-state index in [-0.39, 0.29) is 24.1 Å². The molecule has 0 radical (unpaired) electrons. The minimum atomic E-state index is -0.925. The summed E-state index contributed by atoms with van der Waals surface area (Å²) in [5.41, 5.74) is -0.726. The third-order valence-corrected chi connectivity index (χ3v) is 5.36. The Labute approximate surface area is 145 Å². The van der Waals surface area contributed by atoms with E-state index in [4.69, 9.17) is 9.84 Å². The van der Waals surface area contributed by atoms with E-state index < -0.39 is 11.5 Å². The molecule has 2 rings (SSSR count). The predicted octanol–water partition coefficient (Wildman–Crippen LogP) is 2.69. The molecular formula is C17H22FNO4S. The summed E-state index contributed by atoms with van der Waals surface area (Å²) >= 11 is 1.47. The highest BCUT2D eigenvalue weighted by Crippen LogP contribution is 2.26. The van der Waals surface area contributed by atoms with Gasteiger partial charge in [0.15, 0.2) is 0 Å². The zero-order valence-corrected chi connectivity index (χ0v) is 14.4. The minimum absolute atomic E-state index is 0.0973. The highest BCUT2D eigenvalue weighted by Gasteiger charge is 2.37. The number of aliphatic carboxylic acids is 1. The van der Waals surface area contributed by atoms with Crippen molar-refractivity contribution >= 4 is 23.6 Å². The molecule has 1 aliphatic rings. The Morgan fingerprint density at radius 3 is 2.54 bits per heavy atom. The van der Waals surface area contributed by atoms with E-state index in [2.05, 4.69) is 5.32 Å². The molecule has 1 aromatic rings. The number of nitrogens with one attached hydrogen (secondary N) is 1. The lowest BCUT2D eigenvalue weighted by molar-refractivity contribution is -0.140. The zero-order valence-electron chi connectivity index (χ0n) is 13.6. The summed E-state index contributed by atoms with van der Waals surface area (Å²) < 4.78 is 18.2. The first-order chi connectivity index (χ1) is 11.4. The molecular weight excluding hydrogens is 333 g/mol. The van der Waals surface area contributed by atoms with Gasteiger partial charge in [-0.1, -0.05) is 6.92 Å². The molecule has 0 aromatic heterocycles. The lowest BCUT2D eigenvalue weighted by Crippen LogP contribution is -2.54. The minimum Gasteiger partial charge on any atom is -0.481 e. The number of carbonyl (C=O) groups is 2. The molecule has 1 aromatic carbocycles. The van der Waals surface area contributed by atoms with Gasteiger partial charge in [-0.05, 0) is 37.1 Å². The SMILES string of the molecule is CC(CSc1ccc(F)cc1)C(=O)NC1(CC(=O)O)CCOCC1. The lowest BCUT2D eigenvalue weighted by Gasteiger charge is -2.37. The number of hydrogen-bond acceptors (Lipinski definition) is 4. The Kier molecular flexibility index (Phi) is 6.62. The van der Waals surface area contributed by atoms with Crippen LogP contribution in [0.5, 0.6) is 0 Å². The molecule has 1 aliphatic heterocycles. The first-order valence-corrected chi connectivity index (χ1v) is 8.89. The number of halogens is 1. The molecule has 0 aliphatic carbocycles.